The Morgan fingerprint density at radius 1 is 0.267 bits per heavy atom. The molecule has 0 bridgehead atoms. The van der Waals surface area contributed by atoms with E-state index in [-0.39, 0.29) is 0 Å². The summed E-state index contributed by atoms with van der Waals surface area (Å²) in [6.07, 6.45) is 0. The van der Waals surface area contributed by atoms with Crippen LogP contribution < -0.4 is 4.90 Å². The first-order chi connectivity index (χ1) is 29.8. The van der Waals surface area contributed by atoms with Crippen molar-refractivity contribution >= 4 is 27.8 Å². The van der Waals surface area contributed by atoms with E-state index >= 15 is 0 Å². The van der Waals surface area contributed by atoms with Crippen molar-refractivity contribution in [3.8, 4) is 44.5 Å². The highest BCUT2D eigenvalue weighted by Gasteiger charge is 2.46. The molecule has 0 heterocycles. The summed E-state index contributed by atoms with van der Waals surface area (Å²) in [5.74, 6) is 0. The van der Waals surface area contributed by atoms with Gasteiger partial charge in [0.15, 0.2) is 0 Å². The first kappa shape index (κ1) is 35.4. The Balaban J connectivity index is 1.08. The lowest BCUT2D eigenvalue weighted by Gasteiger charge is -2.35. The average Bonchev–Trinajstić information content (AvgIpc) is 3.63. The molecule has 0 aliphatic heterocycles. The van der Waals surface area contributed by atoms with E-state index in [4.69, 9.17) is 0 Å². The van der Waals surface area contributed by atoms with Crippen LogP contribution in [0.25, 0.3) is 55.3 Å². The molecule has 0 fully saturated rings. The summed E-state index contributed by atoms with van der Waals surface area (Å²) < 4.78 is 0. The van der Waals surface area contributed by atoms with Gasteiger partial charge in [-0.1, -0.05) is 206 Å². The maximum absolute atomic E-state index is 2.45. The molecule has 0 aromatic heterocycles. The standard InChI is InChI=1S/C59H41N/c1-4-17-42(18-5-1)46-22-15-28-51(40-46)60(50-35-33-43(34-36-50)45-21-14-23-47(39-45)54-31-16-20-44-19-10-11-29-53(44)54)52-37-38-56-55-30-12-13-32-57(55)59(58(56)41-52,48-24-6-2-7-25-48)49-26-8-3-9-27-49/h1-41H. The molecule has 282 valence electrons. The van der Waals surface area contributed by atoms with Crippen molar-refractivity contribution in [3.05, 3.63) is 271 Å². The van der Waals surface area contributed by atoms with Crippen molar-refractivity contribution in [2.24, 2.45) is 0 Å². The molecule has 0 atom stereocenters. The van der Waals surface area contributed by atoms with Crippen LogP contribution in [0.15, 0.2) is 249 Å². The molecule has 1 aliphatic carbocycles. The fourth-order valence-corrected chi connectivity index (χ4v) is 9.62. The Kier molecular flexibility index (Phi) is 8.79. The zero-order valence-electron chi connectivity index (χ0n) is 33.1. The second-order valence-electron chi connectivity index (χ2n) is 15.7. The van der Waals surface area contributed by atoms with Crippen molar-refractivity contribution < 1.29 is 0 Å². The zero-order chi connectivity index (χ0) is 39.9. The van der Waals surface area contributed by atoms with Gasteiger partial charge in [0.1, 0.15) is 0 Å². The second-order valence-corrected chi connectivity index (χ2v) is 15.7. The van der Waals surface area contributed by atoms with Crippen LogP contribution in [0.1, 0.15) is 22.3 Å². The maximum atomic E-state index is 2.45. The van der Waals surface area contributed by atoms with Gasteiger partial charge in [-0.05, 0) is 120 Å². The molecule has 0 saturated heterocycles. The minimum Gasteiger partial charge on any atom is -0.310 e. The van der Waals surface area contributed by atoms with Crippen LogP contribution in [-0.2, 0) is 5.41 Å². The summed E-state index contributed by atoms with van der Waals surface area (Å²) in [7, 11) is 0. The highest BCUT2D eigenvalue weighted by molar-refractivity contribution is 5.97. The van der Waals surface area contributed by atoms with Crippen molar-refractivity contribution in [1.82, 2.24) is 0 Å². The highest BCUT2D eigenvalue weighted by atomic mass is 15.1. The molecule has 0 spiro atoms. The third-order valence-electron chi connectivity index (χ3n) is 12.3. The van der Waals surface area contributed by atoms with Gasteiger partial charge in [0.05, 0.1) is 5.41 Å². The summed E-state index contributed by atoms with van der Waals surface area (Å²) in [6, 6.07) is 91.0. The van der Waals surface area contributed by atoms with Crippen molar-refractivity contribution in [1.29, 1.82) is 0 Å². The van der Waals surface area contributed by atoms with Gasteiger partial charge in [-0.2, -0.15) is 0 Å². The van der Waals surface area contributed by atoms with Crippen LogP contribution in [-0.4, -0.2) is 0 Å². The number of rotatable bonds is 8. The summed E-state index contributed by atoms with van der Waals surface area (Å²) in [5, 5.41) is 2.52. The van der Waals surface area contributed by atoms with Gasteiger partial charge in [0.2, 0.25) is 0 Å². The summed E-state index contributed by atoms with van der Waals surface area (Å²) >= 11 is 0. The molecule has 1 aliphatic rings. The van der Waals surface area contributed by atoms with E-state index in [2.05, 4.69) is 254 Å². The molecule has 10 aromatic carbocycles. The number of benzene rings is 10. The van der Waals surface area contributed by atoms with Gasteiger partial charge in [-0.15, -0.1) is 0 Å². The van der Waals surface area contributed by atoms with Gasteiger partial charge >= 0.3 is 0 Å². The van der Waals surface area contributed by atoms with Gasteiger partial charge in [0, 0.05) is 17.1 Å². The lowest BCUT2D eigenvalue weighted by atomic mass is 9.67. The lowest BCUT2D eigenvalue weighted by molar-refractivity contribution is 0.768. The third-order valence-corrected chi connectivity index (χ3v) is 12.3. The van der Waals surface area contributed by atoms with Crippen LogP contribution in [0.3, 0.4) is 0 Å². The summed E-state index contributed by atoms with van der Waals surface area (Å²) in [6.45, 7) is 0. The predicted octanol–water partition coefficient (Wildman–Crippen LogP) is 15.7. The minimum atomic E-state index is -0.499. The maximum Gasteiger partial charge on any atom is 0.0714 e. The first-order valence-corrected chi connectivity index (χ1v) is 20.8. The number of hydrogen-bond donors (Lipinski definition) is 0. The fourth-order valence-electron chi connectivity index (χ4n) is 9.62. The quantitative estimate of drug-likeness (QED) is 0.149. The Labute approximate surface area is 352 Å². The van der Waals surface area contributed by atoms with Gasteiger partial charge in [-0.3, -0.25) is 0 Å². The SMILES string of the molecule is c1ccc(-c2cccc(N(c3ccc(-c4cccc(-c5cccc6ccccc56)c4)cc3)c3ccc4c(c3)C(c3ccccc3)(c3ccccc3)c3ccccc3-4)c2)cc1. The number of fused-ring (bicyclic) bond motifs is 4. The van der Waals surface area contributed by atoms with E-state index in [0.717, 1.165) is 17.1 Å². The van der Waals surface area contributed by atoms with Gasteiger partial charge < -0.3 is 4.90 Å². The molecule has 0 unspecified atom stereocenters. The van der Waals surface area contributed by atoms with Crippen LogP contribution >= 0.6 is 0 Å². The molecule has 0 N–H and O–H groups in total. The van der Waals surface area contributed by atoms with Crippen molar-refractivity contribution in [2.75, 3.05) is 4.90 Å². The van der Waals surface area contributed by atoms with Crippen molar-refractivity contribution in [2.45, 2.75) is 5.41 Å². The second kappa shape index (κ2) is 14.9. The van der Waals surface area contributed by atoms with E-state index < -0.39 is 5.41 Å². The zero-order valence-corrected chi connectivity index (χ0v) is 33.1. The molecule has 1 nitrogen and oxygen atoms in total. The van der Waals surface area contributed by atoms with Gasteiger partial charge in [-0.25, -0.2) is 0 Å². The molecule has 0 saturated carbocycles. The van der Waals surface area contributed by atoms with E-state index in [1.54, 1.807) is 0 Å². The number of nitrogens with zero attached hydrogens (tertiary/aromatic N) is 1. The minimum absolute atomic E-state index is 0.499. The predicted molar refractivity (Wildman–Crippen MR) is 252 cm³/mol. The van der Waals surface area contributed by atoms with Crippen LogP contribution in [0.4, 0.5) is 17.1 Å². The van der Waals surface area contributed by atoms with E-state index in [1.165, 1.54) is 77.5 Å². The monoisotopic (exact) mass is 763 g/mol. The van der Waals surface area contributed by atoms with E-state index in [9.17, 15) is 0 Å². The number of hydrogen-bond acceptors (Lipinski definition) is 1. The molecule has 60 heavy (non-hydrogen) atoms. The fraction of sp³-hybridized carbons (Fsp3) is 0.0169. The molecule has 11 rings (SSSR count). The summed E-state index contributed by atoms with van der Waals surface area (Å²) in [4.78, 5) is 2.42. The lowest BCUT2D eigenvalue weighted by Crippen LogP contribution is -2.28. The Bertz CT molecular complexity index is 3090. The van der Waals surface area contributed by atoms with Crippen LogP contribution in [0.2, 0.25) is 0 Å². The molecular weight excluding hydrogens is 723 g/mol. The van der Waals surface area contributed by atoms with Crippen LogP contribution in [0, 0.1) is 0 Å². The van der Waals surface area contributed by atoms with E-state index in [1.807, 2.05) is 0 Å². The topological polar surface area (TPSA) is 3.24 Å². The largest absolute Gasteiger partial charge is 0.310 e. The Hall–Kier alpha value is -7.74. The van der Waals surface area contributed by atoms with Crippen molar-refractivity contribution in [3.63, 3.8) is 0 Å². The molecule has 10 aromatic rings. The third kappa shape index (κ3) is 5.94. The first-order valence-electron chi connectivity index (χ1n) is 20.8. The van der Waals surface area contributed by atoms with Gasteiger partial charge in [0.25, 0.3) is 0 Å². The Morgan fingerprint density at radius 3 is 1.53 bits per heavy atom. The normalized spacial score (nSPS) is 12.5. The number of anilines is 3. The Morgan fingerprint density at radius 2 is 0.767 bits per heavy atom. The van der Waals surface area contributed by atoms with Crippen LogP contribution in [0.5, 0.6) is 0 Å². The smallest absolute Gasteiger partial charge is 0.0714 e. The molecule has 0 amide bonds. The average molecular weight is 764 g/mol. The van der Waals surface area contributed by atoms with E-state index in [0.29, 0.717) is 0 Å². The molecular formula is C59H41N. The highest BCUT2D eigenvalue weighted by Crippen LogP contribution is 2.57. The summed E-state index contributed by atoms with van der Waals surface area (Å²) in [5.41, 5.74) is 17.6. The molecule has 0 radical (unpaired) electrons. The molecule has 1 heteroatoms.